The number of hydrogen-bond donors (Lipinski definition) is 1. The minimum absolute atomic E-state index is 0.253. The summed E-state index contributed by atoms with van der Waals surface area (Å²) in [5.41, 5.74) is 2.46. The van der Waals surface area contributed by atoms with E-state index >= 15 is 0 Å². The fourth-order valence-electron chi connectivity index (χ4n) is 2.17. The van der Waals surface area contributed by atoms with Crippen LogP contribution in [0, 0.1) is 0 Å². The van der Waals surface area contributed by atoms with Gasteiger partial charge in [0, 0.05) is 11.9 Å². The third-order valence-corrected chi connectivity index (χ3v) is 3.63. The Morgan fingerprint density at radius 2 is 2.28 bits per heavy atom. The van der Waals surface area contributed by atoms with E-state index in [0.717, 1.165) is 22.0 Å². The van der Waals surface area contributed by atoms with Crippen LogP contribution < -0.4 is 11.0 Å². The van der Waals surface area contributed by atoms with Gasteiger partial charge in [0.2, 0.25) is 0 Å². The minimum Gasteiger partial charge on any atom is -0.346 e. The molecule has 0 radical (unpaired) electrons. The zero-order valence-electron chi connectivity index (χ0n) is 9.77. The quantitative estimate of drug-likeness (QED) is 0.867. The maximum absolute atomic E-state index is 11.9. The number of benzene rings is 1. The smallest absolute Gasteiger partial charge is 0.346 e. The lowest BCUT2D eigenvalue weighted by Crippen LogP contribution is -2.23. The van der Waals surface area contributed by atoms with Crippen LogP contribution in [-0.4, -0.2) is 15.9 Å². The Morgan fingerprint density at radius 1 is 1.44 bits per heavy atom. The Balaban J connectivity index is 2.48. The van der Waals surface area contributed by atoms with Gasteiger partial charge < -0.3 is 5.32 Å². The summed E-state index contributed by atoms with van der Waals surface area (Å²) in [7, 11) is 0. The lowest BCUT2D eigenvalue weighted by molar-refractivity contribution is 0.712. The molecule has 0 amide bonds. The second-order valence-corrected chi connectivity index (χ2v) is 4.60. The topological polar surface area (TPSA) is 59.3 Å². The highest BCUT2D eigenvalue weighted by Crippen LogP contribution is 2.34. The summed E-state index contributed by atoms with van der Waals surface area (Å²) in [6, 6.07) is 3.96. The van der Waals surface area contributed by atoms with Crippen LogP contribution in [0.5, 0.6) is 0 Å². The Kier molecular flexibility index (Phi) is 2.66. The van der Waals surface area contributed by atoms with Crippen LogP contribution in [0.1, 0.15) is 12.5 Å². The van der Waals surface area contributed by atoms with Crippen molar-refractivity contribution in [2.24, 2.45) is 4.99 Å². The predicted octanol–water partition coefficient (Wildman–Crippen LogP) is 2.40. The molecule has 1 aliphatic rings. The van der Waals surface area contributed by atoms with Crippen LogP contribution in [-0.2, 0) is 11.9 Å². The van der Waals surface area contributed by atoms with Crippen LogP contribution >= 0.6 is 15.9 Å². The van der Waals surface area contributed by atoms with Gasteiger partial charge in [0.25, 0.3) is 0 Å². The molecule has 6 heteroatoms. The lowest BCUT2D eigenvalue weighted by atomic mass is 10.1. The van der Waals surface area contributed by atoms with Crippen molar-refractivity contribution in [1.29, 1.82) is 0 Å². The Hall–Kier alpha value is -1.69. The molecule has 1 aromatic carbocycles. The number of aliphatic imine (C=N–C) groups is 1. The number of rotatable bonds is 2. The molecule has 92 valence electrons. The molecule has 0 spiro atoms. The largest absolute Gasteiger partial charge is 0.349 e. The van der Waals surface area contributed by atoms with Gasteiger partial charge in [-0.25, -0.2) is 9.79 Å². The van der Waals surface area contributed by atoms with E-state index in [1.54, 1.807) is 10.9 Å². The van der Waals surface area contributed by atoms with Crippen LogP contribution in [0.2, 0.25) is 0 Å². The molecule has 2 aromatic rings. The van der Waals surface area contributed by atoms with E-state index in [0.29, 0.717) is 17.9 Å². The van der Waals surface area contributed by atoms with Gasteiger partial charge in [0.15, 0.2) is 0 Å². The van der Waals surface area contributed by atoms with Crippen molar-refractivity contribution in [1.82, 2.24) is 9.55 Å². The van der Waals surface area contributed by atoms with E-state index in [1.807, 2.05) is 19.1 Å². The van der Waals surface area contributed by atoms with Crippen molar-refractivity contribution >= 4 is 44.7 Å². The lowest BCUT2D eigenvalue weighted by Gasteiger charge is -2.17. The summed E-state index contributed by atoms with van der Waals surface area (Å²) < 4.78 is 1.58. The highest BCUT2D eigenvalue weighted by Gasteiger charge is 2.16. The maximum Gasteiger partial charge on any atom is 0.349 e. The van der Waals surface area contributed by atoms with E-state index in [-0.39, 0.29) is 5.69 Å². The Bertz CT molecular complexity index is 720. The molecule has 0 saturated heterocycles. The maximum atomic E-state index is 11.9. The van der Waals surface area contributed by atoms with Gasteiger partial charge in [-0.3, -0.25) is 4.57 Å². The van der Waals surface area contributed by atoms with E-state index < -0.39 is 0 Å². The zero-order valence-corrected chi connectivity index (χ0v) is 11.4. The molecule has 0 saturated carbocycles. The first-order valence-corrected chi connectivity index (χ1v) is 6.79. The van der Waals surface area contributed by atoms with Crippen molar-refractivity contribution in [2.75, 3.05) is 5.32 Å². The van der Waals surface area contributed by atoms with Gasteiger partial charge in [-0.05, 0) is 24.6 Å². The molecular weight excluding hydrogens is 296 g/mol. The third-order valence-electron chi connectivity index (χ3n) is 2.98. The van der Waals surface area contributed by atoms with Gasteiger partial charge in [-0.15, -0.1) is 0 Å². The number of alkyl halides is 1. The predicted molar refractivity (Wildman–Crippen MR) is 76.1 cm³/mol. The fraction of sp³-hybridized carbons (Fsp3) is 0.250. The van der Waals surface area contributed by atoms with Crippen molar-refractivity contribution in [3.8, 4) is 0 Å². The molecule has 2 heterocycles. The molecule has 1 aromatic heterocycles. The van der Waals surface area contributed by atoms with Crippen molar-refractivity contribution < 1.29 is 0 Å². The number of anilines is 1. The monoisotopic (exact) mass is 306 g/mol. The number of aromatic nitrogens is 2. The molecule has 1 aliphatic heterocycles. The second-order valence-electron chi connectivity index (χ2n) is 4.04. The molecule has 18 heavy (non-hydrogen) atoms. The molecule has 3 rings (SSSR count). The summed E-state index contributed by atoms with van der Waals surface area (Å²) in [6.07, 6.45) is 1.61. The van der Waals surface area contributed by atoms with Crippen LogP contribution in [0.3, 0.4) is 0 Å². The van der Waals surface area contributed by atoms with E-state index in [1.165, 1.54) is 0 Å². The molecule has 0 fully saturated rings. The van der Waals surface area contributed by atoms with Crippen LogP contribution in [0.4, 0.5) is 11.5 Å². The fourth-order valence-corrected chi connectivity index (χ4v) is 2.49. The molecule has 5 nitrogen and oxygen atoms in total. The molecule has 0 unspecified atom stereocenters. The number of halogens is 1. The first-order valence-electron chi connectivity index (χ1n) is 5.67. The molecule has 0 bridgehead atoms. The first kappa shape index (κ1) is 11.4. The van der Waals surface area contributed by atoms with Gasteiger partial charge in [-0.1, -0.05) is 15.9 Å². The highest BCUT2D eigenvalue weighted by molar-refractivity contribution is 9.08. The summed E-state index contributed by atoms with van der Waals surface area (Å²) in [4.78, 5) is 20.3. The van der Waals surface area contributed by atoms with Crippen LogP contribution in [0.15, 0.2) is 21.9 Å². The third kappa shape index (κ3) is 1.56. The molecule has 1 N–H and O–H groups in total. The minimum atomic E-state index is -0.253. The van der Waals surface area contributed by atoms with Crippen molar-refractivity contribution in [3.63, 3.8) is 0 Å². The number of nitrogens with one attached hydrogen (secondary N) is 1. The van der Waals surface area contributed by atoms with Gasteiger partial charge in [0.1, 0.15) is 5.82 Å². The van der Waals surface area contributed by atoms with Crippen LogP contribution in [0.25, 0.3) is 10.9 Å². The first-order chi connectivity index (χ1) is 8.74. The van der Waals surface area contributed by atoms with Crippen molar-refractivity contribution in [2.45, 2.75) is 18.8 Å². The van der Waals surface area contributed by atoms with E-state index in [9.17, 15) is 4.79 Å². The molecule has 0 aliphatic carbocycles. The van der Waals surface area contributed by atoms with Gasteiger partial charge in [0.05, 0.1) is 22.9 Å². The number of hydrogen-bond acceptors (Lipinski definition) is 4. The Labute approximate surface area is 112 Å². The normalized spacial score (nSPS) is 12.8. The number of nitrogens with zero attached hydrogens (tertiary/aromatic N) is 3. The summed E-state index contributed by atoms with van der Waals surface area (Å²) in [6.45, 7) is 2.48. The second kappa shape index (κ2) is 4.20. The standard InChI is InChI=1S/C12H11BrN4O/c1-2-17-11-10-8(14-6-15-11)3-7(5-13)4-9(10)16-12(17)18/h3-4,6H,2,5H2,1H3,(H,14,15). The molecular formula is C12H11BrN4O. The van der Waals surface area contributed by atoms with E-state index in [2.05, 4.69) is 31.2 Å². The zero-order chi connectivity index (χ0) is 12.7. The Morgan fingerprint density at radius 3 is 3.00 bits per heavy atom. The van der Waals surface area contributed by atoms with Crippen molar-refractivity contribution in [3.05, 3.63) is 28.2 Å². The van der Waals surface area contributed by atoms with E-state index in [4.69, 9.17) is 0 Å². The summed E-state index contributed by atoms with van der Waals surface area (Å²) in [5.74, 6) is 0.683. The SMILES string of the molecule is CCn1c2c3c(cc(CBr)cc3nc1=O)NC=N2. The van der Waals surface area contributed by atoms with Gasteiger partial charge >= 0.3 is 5.69 Å². The average molecular weight is 307 g/mol. The average Bonchev–Trinajstić information content (AvgIpc) is 2.38. The molecule has 0 atom stereocenters. The summed E-state index contributed by atoms with van der Waals surface area (Å²) in [5, 5.41) is 4.74. The summed E-state index contributed by atoms with van der Waals surface area (Å²) >= 11 is 3.42. The van der Waals surface area contributed by atoms with Gasteiger partial charge in [-0.2, -0.15) is 4.98 Å². The highest BCUT2D eigenvalue weighted by atomic mass is 79.9.